The van der Waals surface area contributed by atoms with Crippen LogP contribution in [-0.2, 0) is 0 Å². The van der Waals surface area contributed by atoms with Crippen molar-refractivity contribution in [1.82, 2.24) is 4.98 Å². The van der Waals surface area contributed by atoms with Crippen molar-refractivity contribution in [3.8, 4) is 11.3 Å². The molecule has 1 saturated carbocycles. The summed E-state index contributed by atoms with van der Waals surface area (Å²) in [4.78, 5) is 4.67. The molecule has 4 heteroatoms. The summed E-state index contributed by atoms with van der Waals surface area (Å²) in [5, 5.41) is 2.03. The van der Waals surface area contributed by atoms with Crippen LogP contribution in [0.1, 0.15) is 23.8 Å². The zero-order valence-corrected chi connectivity index (χ0v) is 11.0. The Labute approximate surface area is 107 Å². The molecule has 16 heavy (non-hydrogen) atoms. The van der Waals surface area contributed by atoms with Crippen molar-refractivity contribution >= 4 is 32.3 Å². The maximum atomic E-state index is 6.04. The van der Waals surface area contributed by atoms with E-state index in [9.17, 15) is 0 Å². The lowest BCUT2D eigenvalue weighted by Gasteiger charge is -2.00. The Bertz CT molecular complexity index is 532. The van der Waals surface area contributed by atoms with Crippen LogP contribution in [0.2, 0.25) is 0 Å². The van der Waals surface area contributed by atoms with Gasteiger partial charge in [0.15, 0.2) is 0 Å². The molecule has 1 fully saturated rings. The van der Waals surface area contributed by atoms with Crippen LogP contribution >= 0.6 is 27.3 Å². The molecule has 2 nitrogen and oxygen atoms in total. The first-order chi connectivity index (χ1) is 7.75. The minimum absolute atomic E-state index is 0.670. The van der Waals surface area contributed by atoms with Crippen LogP contribution < -0.4 is 5.73 Å². The van der Waals surface area contributed by atoms with Gasteiger partial charge in [-0.2, -0.15) is 0 Å². The first-order valence-corrected chi connectivity index (χ1v) is 6.88. The summed E-state index contributed by atoms with van der Waals surface area (Å²) in [5.74, 6) is 0.670. The highest BCUT2D eigenvalue weighted by Crippen LogP contribution is 2.45. The topological polar surface area (TPSA) is 38.9 Å². The van der Waals surface area contributed by atoms with Gasteiger partial charge in [0.1, 0.15) is 10.7 Å². The standard InChI is InChI=1S/C12H11BrN2S/c13-9-4-2-1-3-8(9)10-11(14)16-12(15-10)7-5-6-7/h1-4,7H,5-6,14H2. The molecule has 0 aliphatic heterocycles. The van der Waals surface area contributed by atoms with Crippen LogP contribution in [0.4, 0.5) is 5.00 Å². The van der Waals surface area contributed by atoms with Gasteiger partial charge in [0.25, 0.3) is 0 Å². The summed E-state index contributed by atoms with van der Waals surface area (Å²) < 4.78 is 1.05. The van der Waals surface area contributed by atoms with Gasteiger partial charge < -0.3 is 5.73 Å². The normalized spacial score (nSPS) is 15.3. The maximum absolute atomic E-state index is 6.04. The van der Waals surface area contributed by atoms with Gasteiger partial charge in [0.05, 0.1) is 5.01 Å². The van der Waals surface area contributed by atoms with Crippen molar-refractivity contribution in [2.45, 2.75) is 18.8 Å². The number of thiazole rings is 1. The molecular weight excluding hydrogens is 284 g/mol. The third-order valence-electron chi connectivity index (χ3n) is 2.73. The molecule has 1 heterocycles. The lowest BCUT2D eigenvalue weighted by molar-refractivity contribution is 1.08. The van der Waals surface area contributed by atoms with Crippen LogP contribution in [-0.4, -0.2) is 4.98 Å². The molecule has 0 unspecified atom stereocenters. The Hall–Kier alpha value is -0.870. The van der Waals surface area contributed by atoms with Gasteiger partial charge in [0.2, 0.25) is 0 Å². The molecule has 3 rings (SSSR count). The highest BCUT2D eigenvalue weighted by Gasteiger charge is 2.28. The van der Waals surface area contributed by atoms with Crippen molar-refractivity contribution in [2.24, 2.45) is 0 Å². The van der Waals surface area contributed by atoms with Crippen molar-refractivity contribution < 1.29 is 0 Å². The van der Waals surface area contributed by atoms with Crippen molar-refractivity contribution in [2.75, 3.05) is 5.73 Å². The fourth-order valence-electron chi connectivity index (χ4n) is 1.70. The number of anilines is 1. The lowest BCUT2D eigenvalue weighted by Crippen LogP contribution is -1.87. The quantitative estimate of drug-likeness (QED) is 0.908. The number of nitrogens with two attached hydrogens (primary N) is 1. The number of nitrogens with zero attached hydrogens (tertiary/aromatic N) is 1. The zero-order valence-electron chi connectivity index (χ0n) is 8.61. The molecule has 1 aliphatic rings. The lowest BCUT2D eigenvalue weighted by atomic mass is 10.2. The van der Waals surface area contributed by atoms with Crippen LogP contribution in [0.25, 0.3) is 11.3 Å². The van der Waals surface area contributed by atoms with E-state index in [1.807, 2.05) is 24.3 Å². The monoisotopic (exact) mass is 294 g/mol. The van der Waals surface area contributed by atoms with Crippen LogP contribution in [0, 0.1) is 0 Å². The molecule has 0 radical (unpaired) electrons. The Morgan fingerprint density at radius 1 is 1.31 bits per heavy atom. The van der Waals surface area contributed by atoms with Gasteiger partial charge in [-0.3, -0.25) is 0 Å². The Morgan fingerprint density at radius 2 is 2.06 bits per heavy atom. The minimum atomic E-state index is 0.670. The van der Waals surface area contributed by atoms with E-state index in [1.54, 1.807) is 11.3 Å². The number of nitrogen functional groups attached to an aromatic ring is 1. The van der Waals surface area contributed by atoms with Gasteiger partial charge in [0, 0.05) is 16.0 Å². The van der Waals surface area contributed by atoms with Crippen LogP contribution in [0.5, 0.6) is 0 Å². The van der Waals surface area contributed by atoms with E-state index in [0.29, 0.717) is 5.92 Å². The number of benzene rings is 1. The third kappa shape index (κ3) is 1.76. The Kier molecular flexibility index (Phi) is 2.48. The summed E-state index contributed by atoms with van der Waals surface area (Å²) in [6.45, 7) is 0. The summed E-state index contributed by atoms with van der Waals surface area (Å²) >= 11 is 5.17. The van der Waals surface area contributed by atoms with Crippen LogP contribution in [0.3, 0.4) is 0 Å². The van der Waals surface area contributed by atoms with E-state index < -0.39 is 0 Å². The molecule has 2 N–H and O–H groups in total. The second-order valence-corrected chi connectivity index (χ2v) is 5.94. The average molecular weight is 295 g/mol. The van der Waals surface area contributed by atoms with E-state index in [1.165, 1.54) is 17.8 Å². The summed E-state index contributed by atoms with van der Waals surface area (Å²) in [6, 6.07) is 8.07. The average Bonchev–Trinajstić information content (AvgIpc) is 3.04. The van der Waals surface area contributed by atoms with E-state index in [0.717, 1.165) is 20.7 Å². The van der Waals surface area contributed by atoms with E-state index in [-0.39, 0.29) is 0 Å². The molecule has 1 aromatic heterocycles. The molecular formula is C12H11BrN2S. The van der Waals surface area contributed by atoms with Crippen molar-refractivity contribution in [3.63, 3.8) is 0 Å². The maximum Gasteiger partial charge on any atom is 0.114 e. The van der Waals surface area contributed by atoms with Gasteiger partial charge >= 0.3 is 0 Å². The summed E-state index contributed by atoms with van der Waals surface area (Å²) in [5.41, 5.74) is 8.06. The molecule has 0 atom stereocenters. The number of hydrogen-bond donors (Lipinski definition) is 1. The zero-order chi connectivity index (χ0) is 11.1. The molecule has 1 aromatic carbocycles. The van der Waals surface area contributed by atoms with Crippen molar-refractivity contribution in [1.29, 1.82) is 0 Å². The van der Waals surface area contributed by atoms with Gasteiger partial charge in [-0.25, -0.2) is 4.98 Å². The molecule has 0 amide bonds. The SMILES string of the molecule is Nc1sc(C2CC2)nc1-c1ccccc1Br. The number of hydrogen-bond acceptors (Lipinski definition) is 3. The number of rotatable bonds is 2. The fourth-order valence-corrected chi connectivity index (χ4v) is 3.19. The molecule has 1 aliphatic carbocycles. The van der Waals surface area contributed by atoms with Gasteiger partial charge in [-0.05, 0) is 18.9 Å². The minimum Gasteiger partial charge on any atom is -0.389 e. The fraction of sp³-hybridized carbons (Fsp3) is 0.250. The number of aromatic nitrogens is 1. The largest absolute Gasteiger partial charge is 0.389 e. The molecule has 2 aromatic rings. The van der Waals surface area contributed by atoms with E-state index in [2.05, 4.69) is 20.9 Å². The van der Waals surface area contributed by atoms with Gasteiger partial charge in [-0.15, -0.1) is 11.3 Å². The summed E-state index contributed by atoms with van der Waals surface area (Å²) in [6.07, 6.45) is 2.53. The first-order valence-electron chi connectivity index (χ1n) is 5.27. The third-order valence-corrected chi connectivity index (χ3v) is 4.46. The van der Waals surface area contributed by atoms with Crippen LogP contribution in [0.15, 0.2) is 28.7 Å². The predicted molar refractivity (Wildman–Crippen MR) is 71.6 cm³/mol. The Balaban J connectivity index is 2.08. The second kappa shape index (κ2) is 3.86. The Morgan fingerprint density at radius 3 is 2.75 bits per heavy atom. The second-order valence-electron chi connectivity index (χ2n) is 4.02. The van der Waals surface area contributed by atoms with E-state index in [4.69, 9.17) is 5.73 Å². The first kappa shape index (κ1) is 10.3. The molecule has 0 bridgehead atoms. The van der Waals surface area contributed by atoms with Gasteiger partial charge in [-0.1, -0.05) is 34.1 Å². The highest BCUT2D eigenvalue weighted by atomic mass is 79.9. The van der Waals surface area contributed by atoms with Crippen molar-refractivity contribution in [3.05, 3.63) is 33.7 Å². The number of halogens is 1. The predicted octanol–water partition coefficient (Wildman–Crippen LogP) is 4.03. The molecule has 82 valence electrons. The molecule has 0 saturated heterocycles. The summed E-state index contributed by atoms with van der Waals surface area (Å²) in [7, 11) is 0. The smallest absolute Gasteiger partial charge is 0.114 e. The highest BCUT2D eigenvalue weighted by molar-refractivity contribution is 9.10. The van der Waals surface area contributed by atoms with E-state index >= 15 is 0 Å². The molecule has 0 spiro atoms.